The maximum atomic E-state index is 13.8. The van der Waals surface area contributed by atoms with Gasteiger partial charge in [0.1, 0.15) is 11.6 Å². The van der Waals surface area contributed by atoms with Crippen LogP contribution in [0.2, 0.25) is 0 Å². The van der Waals surface area contributed by atoms with Gasteiger partial charge >= 0.3 is 0 Å². The third-order valence-corrected chi connectivity index (χ3v) is 4.33. The summed E-state index contributed by atoms with van der Waals surface area (Å²) in [6.07, 6.45) is 6.07. The van der Waals surface area contributed by atoms with Gasteiger partial charge in [-0.15, -0.1) is 0 Å². The minimum absolute atomic E-state index is 0.106. The molecule has 1 aromatic rings. The highest BCUT2D eigenvalue weighted by molar-refractivity contribution is 9.10. The van der Waals surface area contributed by atoms with E-state index in [1.807, 2.05) is 0 Å². The Morgan fingerprint density at radius 1 is 1.28 bits per heavy atom. The van der Waals surface area contributed by atoms with Crippen LogP contribution in [0.5, 0.6) is 0 Å². The number of halogens is 3. The molecule has 1 aromatic carbocycles. The first-order valence-electron chi connectivity index (χ1n) is 6.46. The van der Waals surface area contributed by atoms with Gasteiger partial charge in [-0.3, -0.25) is 0 Å². The van der Waals surface area contributed by atoms with E-state index in [0.29, 0.717) is 10.4 Å². The molecule has 1 atom stereocenters. The molecule has 0 aliphatic heterocycles. The molecule has 100 valence electrons. The minimum atomic E-state index is -0.517. The average Bonchev–Trinajstić information content (AvgIpc) is 2.82. The van der Waals surface area contributed by atoms with Gasteiger partial charge in [0, 0.05) is 11.6 Å². The van der Waals surface area contributed by atoms with E-state index in [1.165, 1.54) is 37.8 Å². The van der Waals surface area contributed by atoms with E-state index in [0.717, 1.165) is 6.42 Å². The summed E-state index contributed by atoms with van der Waals surface area (Å²) in [5.74, 6) is -0.382. The Kier molecular flexibility index (Phi) is 4.73. The van der Waals surface area contributed by atoms with Gasteiger partial charge in [-0.1, -0.05) is 25.7 Å². The molecule has 18 heavy (non-hydrogen) atoms. The molecule has 0 spiro atoms. The van der Waals surface area contributed by atoms with Crippen LogP contribution in [0, 0.1) is 17.6 Å². The predicted octanol–water partition coefficient (Wildman–Crippen LogP) is 4.18. The van der Waals surface area contributed by atoms with Crippen LogP contribution < -0.4 is 5.73 Å². The summed E-state index contributed by atoms with van der Waals surface area (Å²) in [5.41, 5.74) is 6.13. The van der Waals surface area contributed by atoms with Crippen molar-refractivity contribution in [3.8, 4) is 0 Å². The van der Waals surface area contributed by atoms with Crippen molar-refractivity contribution in [2.75, 3.05) is 0 Å². The van der Waals surface area contributed by atoms with Gasteiger partial charge in [-0.25, -0.2) is 8.78 Å². The molecule has 1 aliphatic carbocycles. The summed E-state index contributed by atoms with van der Waals surface area (Å²) in [4.78, 5) is 0. The molecule has 1 fully saturated rings. The van der Waals surface area contributed by atoms with Gasteiger partial charge in [0.05, 0.1) is 4.47 Å². The summed E-state index contributed by atoms with van der Waals surface area (Å²) < 4.78 is 27.7. The average molecular weight is 318 g/mol. The molecule has 1 unspecified atom stereocenters. The molecule has 1 nitrogen and oxygen atoms in total. The zero-order valence-electron chi connectivity index (χ0n) is 10.3. The van der Waals surface area contributed by atoms with Crippen molar-refractivity contribution in [3.05, 3.63) is 33.8 Å². The van der Waals surface area contributed by atoms with Crippen LogP contribution in [0.3, 0.4) is 0 Å². The van der Waals surface area contributed by atoms with Gasteiger partial charge in [-0.2, -0.15) is 0 Å². The lowest BCUT2D eigenvalue weighted by Gasteiger charge is -2.17. The van der Waals surface area contributed by atoms with Gasteiger partial charge in [0.15, 0.2) is 0 Å². The lowest BCUT2D eigenvalue weighted by molar-refractivity contribution is 0.430. The van der Waals surface area contributed by atoms with E-state index in [9.17, 15) is 8.78 Å². The fraction of sp³-hybridized carbons (Fsp3) is 0.571. The first-order valence-corrected chi connectivity index (χ1v) is 7.25. The topological polar surface area (TPSA) is 26.0 Å². The number of hydrogen-bond donors (Lipinski definition) is 1. The molecule has 0 aromatic heterocycles. The second kappa shape index (κ2) is 6.11. The van der Waals surface area contributed by atoms with E-state index in [1.54, 1.807) is 0 Å². The standard InChI is InChI=1S/C14H18BrF2N/c15-12-5-6-13(16)11(14(12)17)8-10(18)7-9-3-1-2-4-9/h5-6,9-10H,1-4,7-8,18H2. The molecule has 0 amide bonds. The molecule has 0 bridgehead atoms. The zero-order valence-corrected chi connectivity index (χ0v) is 11.8. The van der Waals surface area contributed by atoms with Crippen molar-refractivity contribution in [1.29, 1.82) is 0 Å². The Bertz CT molecular complexity index is 417. The minimum Gasteiger partial charge on any atom is -0.327 e. The number of hydrogen-bond acceptors (Lipinski definition) is 1. The highest BCUT2D eigenvalue weighted by Crippen LogP contribution is 2.29. The van der Waals surface area contributed by atoms with E-state index in [4.69, 9.17) is 5.73 Å². The largest absolute Gasteiger partial charge is 0.327 e. The molecule has 0 saturated heterocycles. The van der Waals surface area contributed by atoms with Crippen LogP contribution in [-0.4, -0.2) is 6.04 Å². The molecular formula is C14H18BrF2N. The fourth-order valence-electron chi connectivity index (χ4n) is 2.78. The normalized spacial score (nSPS) is 18.2. The lowest BCUT2D eigenvalue weighted by atomic mass is 9.94. The SMILES string of the molecule is NC(Cc1c(F)ccc(Br)c1F)CC1CCCC1. The summed E-state index contributed by atoms with van der Waals surface area (Å²) in [6, 6.07) is 2.51. The molecule has 1 aliphatic rings. The maximum Gasteiger partial charge on any atom is 0.143 e. The number of nitrogens with two attached hydrogens (primary N) is 1. The molecule has 2 N–H and O–H groups in total. The van der Waals surface area contributed by atoms with Crippen LogP contribution in [0.4, 0.5) is 8.78 Å². The van der Waals surface area contributed by atoms with Crippen molar-refractivity contribution in [1.82, 2.24) is 0 Å². The fourth-order valence-corrected chi connectivity index (χ4v) is 3.15. The van der Waals surface area contributed by atoms with Crippen molar-refractivity contribution >= 4 is 15.9 Å². The summed E-state index contributed by atoms with van der Waals surface area (Å²) in [6.45, 7) is 0. The highest BCUT2D eigenvalue weighted by atomic mass is 79.9. The zero-order chi connectivity index (χ0) is 13.1. The second-order valence-corrected chi connectivity index (χ2v) is 6.03. The molecule has 1 saturated carbocycles. The Morgan fingerprint density at radius 2 is 1.94 bits per heavy atom. The van der Waals surface area contributed by atoms with Crippen molar-refractivity contribution in [2.45, 2.75) is 44.6 Å². The maximum absolute atomic E-state index is 13.8. The quantitative estimate of drug-likeness (QED) is 0.828. The third kappa shape index (κ3) is 3.29. The van der Waals surface area contributed by atoms with Crippen LogP contribution in [0.1, 0.15) is 37.7 Å². The Labute approximate surface area is 115 Å². The van der Waals surface area contributed by atoms with Gasteiger partial charge in [0.25, 0.3) is 0 Å². The van der Waals surface area contributed by atoms with Crippen LogP contribution in [-0.2, 0) is 6.42 Å². The summed E-state index contributed by atoms with van der Waals surface area (Å²) in [5, 5.41) is 0. The molecule has 2 rings (SSSR count). The lowest BCUT2D eigenvalue weighted by Crippen LogP contribution is -2.26. The van der Waals surface area contributed by atoms with Crippen molar-refractivity contribution in [2.24, 2.45) is 11.7 Å². The van der Waals surface area contributed by atoms with Crippen molar-refractivity contribution < 1.29 is 8.78 Å². The number of benzene rings is 1. The second-order valence-electron chi connectivity index (χ2n) is 5.17. The van der Waals surface area contributed by atoms with E-state index < -0.39 is 11.6 Å². The Morgan fingerprint density at radius 3 is 2.61 bits per heavy atom. The van der Waals surface area contributed by atoms with Crippen LogP contribution >= 0.6 is 15.9 Å². The molecule has 0 radical (unpaired) electrons. The van der Waals surface area contributed by atoms with Crippen molar-refractivity contribution in [3.63, 3.8) is 0 Å². The van der Waals surface area contributed by atoms with Gasteiger partial charge in [-0.05, 0) is 46.8 Å². The summed E-state index contributed by atoms with van der Waals surface area (Å²) >= 11 is 3.08. The van der Waals surface area contributed by atoms with E-state index in [-0.39, 0.29) is 18.0 Å². The molecule has 4 heteroatoms. The highest BCUT2D eigenvalue weighted by Gasteiger charge is 2.21. The van der Waals surface area contributed by atoms with Crippen LogP contribution in [0.25, 0.3) is 0 Å². The number of rotatable bonds is 4. The smallest absolute Gasteiger partial charge is 0.143 e. The third-order valence-electron chi connectivity index (χ3n) is 3.72. The Balaban J connectivity index is 2.01. The van der Waals surface area contributed by atoms with E-state index in [2.05, 4.69) is 15.9 Å². The Hall–Kier alpha value is -0.480. The molecule has 0 heterocycles. The van der Waals surface area contributed by atoms with Crippen LogP contribution in [0.15, 0.2) is 16.6 Å². The monoisotopic (exact) mass is 317 g/mol. The predicted molar refractivity (Wildman–Crippen MR) is 72.3 cm³/mol. The first kappa shape index (κ1) is 13.9. The molecular weight excluding hydrogens is 300 g/mol. The first-order chi connectivity index (χ1) is 8.58. The van der Waals surface area contributed by atoms with E-state index >= 15 is 0 Å². The van der Waals surface area contributed by atoms with Gasteiger partial charge < -0.3 is 5.73 Å². The summed E-state index contributed by atoms with van der Waals surface area (Å²) in [7, 11) is 0. The van der Waals surface area contributed by atoms with Gasteiger partial charge in [0.2, 0.25) is 0 Å².